The molecule has 8 heteroatoms. The fourth-order valence-corrected chi connectivity index (χ4v) is 3.71. The molecule has 1 heterocycles. The van der Waals surface area contributed by atoms with Crippen LogP contribution >= 0.6 is 24.0 Å². The molecule has 3 rings (SSSR count). The average Bonchev–Trinajstić information content (AvgIpc) is 3.27. The predicted octanol–water partition coefficient (Wildman–Crippen LogP) is 3.61. The van der Waals surface area contributed by atoms with E-state index < -0.39 is 0 Å². The Labute approximate surface area is 213 Å². The molecular weight excluding hydrogens is 534 g/mol. The van der Waals surface area contributed by atoms with Crippen LogP contribution in [0.3, 0.4) is 0 Å². The summed E-state index contributed by atoms with van der Waals surface area (Å²) in [6.07, 6.45) is 1.31. The van der Waals surface area contributed by atoms with Gasteiger partial charge in [0.25, 0.3) is 0 Å². The van der Waals surface area contributed by atoms with Crippen LogP contribution < -0.4 is 10.6 Å². The number of guanidine groups is 1. The number of carbonyl (C=O) groups is 1. The quantitative estimate of drug-likeness (QED) is 0.199. The Bertz CT molecular complexity index is 864. The zero-order valence-corrected chi connectivity index (χ0v) is 21.5. The average molecular weight is 568 g/mol. The van der Waals surface area contributed by atoms with Gasteiger partial charge in [-0.25, -0.2) is 4.39 Å². The van der Waals surface area contributed by atoms with E-state index in [1.807, 2.05) is 18.2 Å². The third-order valence-electron chi connectivity index (χ3n) is 5.36. The lowest BCUT2D eigenvalue weighted by atomic mass is 10.1. The van der Waals surface area contributed by atoms with E-state index in [4.69, 9.17) is 4.74 Å². The van der Waals surface area contributed by atoms with Crippen molar-refractivity contribution in [2.75, 3.05) is 39.3 Å². The Hall–Kier alpha value is -2.20. The number of likely N-dealkylation sites (tertiary alicyclic amines) is 1. The van der Waals surface area contributed by atoms with Gasteiger partial charge in [0.1, 0.15) is 5.82 Å². The van der Waals surface area contributed by atoms with Crippen LogP contribution in [0.4, 0.5) is 4.39 Å². The Morgan fingerprint density at radius 3 is 2.61 bits per heavy atom. The van der Waals surface area contributed by atoms with Gasteiger partial charge in [0.05, 0.1) is 26.2 Å². The van der Waals surface area contributed by atoms with Gasteiger partial charge in [0, 0.05) is 32.1 Å². The minimum Gasteiger partial charge on any atom is -0.376 e. The fourth-order valence-electron chi connectivity index (χ4n) is 3.71. The first-order valence-electron chi connectivity index (χ1n) is 11.3. The van der Waals surface area contributed by atoms with Gasteiger partial charge in [-0.15, -0.1) is 24.0 Å². The number of hydrogen-bond acceptors (Lipinski definition) is 3. The summed E-state index contributed by atoms with van der Waals surface area (Å²) in [6, 6.07) is 16.2. The van der Waals surface area contributed by atoms with E-state index in [-0.39, 0.29) is 42.1 Å². The molecule has 1 aliphatic rings. The molecule has 1 unspecified atom stereocenters. The molecule has 0 radical (unpaired) electrons. The Kier molecular flexibility index (Phi) is 12.2. The maximum Gasteiger partial charge on any atom is 0.224 e. The van der Waals surface area contributed by atoms with Crippen LogP contribution in [0.5, 0.6) is 0 Å². The molecule has 0 aromatic heterocycles. The van der Waals surface area contributed by atoms with Crippen LogP contribution in [0.15, 0.2) is 59.6 Å². The molecule has 33 heavy (non-hydrogen) atoms. The Morgan fingerprint density at radius 2 is 1.88 bits per heavy atom. The molecule has 0 aliphatic carbocycles. The highest BCUT2D eigenvalue weighted by molar-refractivity contribution is 14.0. The van der Waals surface area contributed by atoms with Crippen molar-refractivity contribution in [1.82, 2.24) is 15.5 Å². The number of carbonyl (C=O) groups excluding carboxylic acids is 1. The second kappa shape index (κ2) is 14.8. The Balaban J connectivity index is 0.00000385. The van der Waals surface area contributed by atoms with Crippen molar-refractivity contribution in [2.24, 2.45) is 10.9 Å². The van der Waals surface area contributed by atoms with Crippen molar-refractivity contribution >= 4 is 35.8 Å². The van der Waals surface area contributed by atoms with Gasteiger partial charge >= 0.3 is 0 Å². The van der Waals surface area contributed by atoms with Crippen LogP contribution in [-0.2, 0) is 22.6 Å². The SMILES string of the molecule is CCNC(=NCCNC(=O)Cc1ccc(F)cc1)N1CCC(COCc2ccccc2)C1.I. The lowest BCUT2D eigenvalue weighted by molar-refractivity contribution is -0.120. The van der Waals surface area contributed by atoms with Gasteiger partial charge in [0.15, 0.2) is 5.96 Å². The zero-order chi connectivity index (χ0) is 22.6. The van der Waals surface area contributed by atoms with E-state index in [0.717, 1.165) is 44.2 Å². The number of nitrogens with one attached hydrogen (secondary N) is 2. The summed E-state index contributed by atoms with van der Waals surface area (Å²) in [7, 11) is 0. The van der Waals surface area contributed by atoms with Crippen LogP contribution in [-0.4, -0.2) is 56.1 Å². The van der Waals surface area contributed by atoms with Crippen molar-refractivity contribution in [2.45, 2.75) is 26.4 Å². The Morgan fingerprint density at radius 1 is 1.12 bits per heavy atom. The number of benzene rings is 2. The van der Waals surface area contributed by atoms with Crippen molar-refractivity contribution in [3.63, 3.8) is 0 Å². The van der Waals surface area contributed by atoms with E-state index in [2.05, 4.69) is 39.6 Å². The van der Waals surface area contributed by atoms with Gasteiger partial charge in [-0.1, -0.05) is 42.5 Å². The summed E-state index contributed by atoms with van der Waals surface area (Å²) in [4.78, 5) is 19.0. The van der Waals surface area contributed by atoms with E-state index >= 15 is 0 Å². The highest BCUT2D eigenvalue weighted by Crippen LogP contribution is 2.17. The van der Waals surface area contributed by atoms with Gasteiger partial charge in [-0.2, -0.15) is 0 Å². The molecule has 180 valence electrons. The molecule has 6 nitrogen and oxygen atoms in total. The summed E-state index contributed by atoms with van der Waals surface area (Å²) < 4.78 is 18.9. The summed E-state index contributed by atoms with van der Waals surface area (Å²) in [5, 5.41) is 6.23. The summed E-state index contributed by atoms with van der Waals surface area (Å²) >= 11 is 0. The molecular formula is C25H34FIN4O2. The van der Waals surface area contributed by atoms with Crippen LogP contribution in [0.1, 0.15) is 24.5 Å². The van der Waals surface area contributed by atoms with Crippen molar-refractivity contribution in [3.8, 4) is 0 Å². The van der Waals surface area contributed by atoms with Crippen LogP contribution in [0.25, 0.3) is 0 Å². The molecule has 0 spiro atoms. The van der Waals surface area contributed by atoms with Gasteiger partial charge in [-0.05, 0) is 36.6 Å². The first kappa shape index (κ1) is 27.0. The second-order valence-corrected chi connectivity index (χ2v) is 7.99. The number of amides is 1. The first-order valence-corrected chi connectivity index (χ1v) is 11.3. The minimum atomic E-state index is -0.300. The van der Waals surface area contributed by atoms with Gasteiger partial charge in [-0.3, -0.25) is 9.79 Å². The zero-order valence-electron chi connectivity index (χ0n) is 19.1. The lowest BCUT2D eigenvalue weighted by Gasteiger charge is -2.21. The fraction of sp³-hybridized carbons (Fsp3) is 0.440. The number of halogens is 2. The third-order valence-corrected chi connectivity index (χ3v) is 5.36. The standard InChI is InChI=1S/C25H33FN4O2.HI/c1-2-27-25(29-14-13-28-24(31)16-20-8-10-23(26)11-9-20)30-15-12-22(17-30)19-32-18-21-6-4-3-5-7-21;/h3-11,22H,2,12-19H2,1H3,(H,27,29)(H,28,31);1H. The van der Waals surface area contributed by atoms with Gasteiger partial charge in [0.2, 0.25) is 5.91 Å². The number of ether oxygens (including phenoxy) is 1. The third kappa shape index (κ3) is 9.67. The predicted molar refractivity (Wildman–Crippen MR) is 140 cm³/mol. The highest BCUT2D eigenvalue weighted by Gasteiger charge is 2.25. The smallest absolute Gasteiger partial charge is 0.224 e. The minimum absolute atomic E-state index is 0. The molecule has 1 fully saturated rings. The van der Waals surface area contributed by atoms with E-state index in [0.29, 0.717) is 25.6 Å². The molecule has 0 saturated carbocycles. The molecule has 1 amide bonds. The number of rotatable bonds is 10. The molecule has 1 saturated heterocycles. The molecule has 2 aromatic rings. The summed E-state index contributed by atoms with van der Waals surface area (Å²) in [6.45, 7) is 7.06. The number of nitrogens with zero attached hydrogens (tertiary/aromatic N) is 2. The topological polar surface area (TPSA) is 66.0 Å². The molecule has 2 aromatic carbocycles. The lowest BCUT2D eigenvalue weighted by Crippen LogP contribution is -2.41. The van der Waals surface area contributed by atoms with Crippen molar-refractivity contribution in [1.29, 1.82) is 0 Å². The molecule has 2 N–H and O–H groups in total. The van der Waals surface area contributed by atoms with E-state index in [1.165, 1.54) is 17.7 Å². The van der Waals surface area contributed by atoms with Crippen molar-refractivity contribution < 1.29 is 13.9 Å². The normalized spacial score (nSPS) is 15.8. The maximum atomic E-state index is 13.0. The van der Waals surface area contributed by atoms with Crippen LogP contribution in [0, 0.1) is 11.7 Å². The highest BCUT2D eigenvalue weighted by atomic mass is 127. The summed E-state index contributed by atoms with van der Waals surface area (Å²) in [5.74, 6) is 0.976. The van der Waals surface area contributed by atoms with Crippen LogP contribution in [0.2, 0.25) is 0 Å². The van der Waals surface area contributed by atoms with Crippen molar-refractivity contribution in [3.05, 3.63) is 71.5 Å². The van der Waals surface area contributed by atoms with E-state index in [1.54, 1.807) is 12.1 Å². The number of aliphatic imine (C=N–C) groups is 1. The van der Waals surface area contributed by atoms with E-state index in [9.17, 15) is 9.18 Å². The number of hydrogen-bond donors (Lipinski definition) is 2. The largest absolute Gasteiger partial charge is 0.376 e. The summed E-state index contributed by atoms with van der Waals surface area (Å²) in [5.41, 5.74) is 1.98. The molecule has 0 bridgehead atoms. The second-order valence-electron chi connectivity index (χ2n) is 7.99. The monoisotopic (exact) mass is 568 g/mol. The van der Waals surface area contributed by atoms with Gasteiger partial charge < -0.3 is 20.3 Å². The maximum absolute atomic E-state index is 13.0. The first-order chi connectivity index (χ1) is 15.6. The molecule has 1 aliphatic heterocycles. The molecule has 1 atom stereocenters.